The lowest BCUT2D eigenvalue weighted by Crippen LogP contribution is -2.20. The topological polar surface area (TPSA) is 44.8 Å². The highest BCUT2D eigenvalue weighted by molar-refractivity contribution is 5.76. The fraction of sp³-hybridized carbons (Fsp3) is 0.235. The van der Waals surface area contributed by atoms with Crippen LogP contribution in [-0.4, -0.2) is 19.9 Å². The van der Waals surface area contributed by atoms with Crippen molar-refractivity contribution < 1.29 is 19.0 Å². The molecule has 0 bridgehead atoms. The van der Waals surface area contributed by atoms with Crippen LogP contribution in [0.1, 0.15) is 17.2 Å². The van der Waals surface area contributed by atoms with Crippen molar-refractivity contribution in [2.75, 3.05) is 13.9 Å². The van der Waals surface area contributed by atoms with Crippen molar-refractivity contribution in [3.8, 4) is 0 Å². The molecule has 0 radical (unpaired) electrons. The number of esters is 1. The van der Waals surface area contributed by atoms with Gasteiger partial charge in [0.15, 0.2) is 6.10 Å². The summed E-state index contributed by atoms with van der Waals surface area (Å²) in [4.78, 5) is 12.2. The molecule has 0 N–H and O–H groups in total. The first-order chi connectivity index (χ1) is 10.3. The van der Waals surface area contributed by atoms with Gasteiger partial charge in [-0.2, -0.15) is 0 Å². The van der Waals surface area contributed by atoms with Crippen molar-refractivity contribution in [1.82, 2.24) is 0 Å². The van der Waals surface area contributed by atoms with Gasteiger partial charge >= 0.3 is 5.97 Å². The van der Waals surface area contributed by atoms with Crippen molar-refractivity contribution in [1.29, 1.82) is 0 Å². The summed E-state index contributed by atoms with van der Waals surface area (Å²) in [5.41, 5.74) is 1.68. The van der Waals surface area contributed by atoms with Crippen LogP contribution in [0.2, 0.25) is 0 Å². The first-order valence-electron chi connectivity index (χ1n) is 6.67. The van der Waals surface area contributed by atoms with E-state index in [-0.39, 0.29) is 13.4 Å². The van der Waals surface area contributed by atoms with Crippen LogP contribution >= 0.6 is 0 Å². The van der Waals surface area contributed by atoms with Crippen molar-refractivity contribution in [3.63, 3.8) is 0 Å². The quantitative estimate of drug-likeness (QED) is 0.579. The van der Waals surface area contributed by atoms with Crippen LogP contribution in [0.4, 0.5) is 0 Å². The minimum absolute atomic E-state index is 0.0278. The van der Waals surface area contributed by atoms with Gasteiger partial charge in [-0.05, 0) is 11.1 Å². The Morgan fingerprint density at radius 3 is 2.24 bits per heavy atom. The molecule has 0 aliphatic carbocycles. The fourth-order valence-corrected chi connectivity index (χ4v) is 1.87. The van der Waals surface area contributed by atoms with Gasteiger partial charge in [-0.1, -0.05) is 60.7 Å². The van der Waals surface area contributed by atoms with E-state index in [1.165, 1.54) is 7.11 Å². The number of rotatable bonds is 7. The minimum atomic E-state index is -0.783. The maximum Gasteiger partial charge on any atom is 0.340 e. The maximum atomic E-state index is 12.2. The Morgan fingerprint density at radius 1 is 1.00 bits per heavy atom. The predicted octanol–water partition coefficient (Wildman–Crippen LogP) is 3.09. The zero-order valence-electron chi connectivity index (χ0n) is 11.9. The number of hydrogen-bond acceptors (Lipinski definition) is 4. The largest absolute Gasteiger partial charge is 0.459 e. The molecule has 4 heteroatoms. The molecule has 0 aromatic heterocycles. The van der Waals surface area contributed by atoms with Crippen LogP contribution in [0, 0.1) is 0 Å². The minimum Gasteiger partial charge on any atom is -0.459 e. The summed E-state index contributed by atoms with van der Waals surface area (Å²) in [6, 6.07) is 18.8. The standard InChI is InChI=1S/C17H18O4/c1-19-13-21-16(15-10-6-3-7-11-15)17(18)20-12-14-8-4-2-5-9-14/h2-11,16H,12-13H2,1H3/t16-/m1/s1. The third-order valence-corrected chi connectivity index (χ3v) is 2.89. The third-order valence-electron chi connectivity index (χ3n) is 2.89. The fourth-order valence-electron chi connectivity index (χ4n) is 1.87. The number of carbonyl (C=O) groups excluding carboxylic acids is 1. The molecule has 4 nitrogen and oxygen atoms in total. The van der Waals surface area contributed by atoms with E-state index in [1.54, 1.807) is 0 Å². The Kier molecular flexibility index (Phi) is 5.94. The Hall–Kier alpha value is -2.17. The molecule has 0 saturated heterocycles. The zero-order chi connectivity index (χ0) is 14.9. The van der Waals surface area contributed by atoms with Crippen LogP contribution in [-0.2, 0) is 25.6 Å². The van der Waals surface area contributed by atoms with Crippen LogP contribution in [0.3, 0.4) is 0 Å². The number of carbonyl (C=O) groups is 1. The molecule has 0 unspecified atom stereocenters. The highest BCUT2D eigenvalue weighted by Gasteiger charge is 2.22. The van der Waals surface area contributed by atoms with Gasteiger partial charge in [0.1, 0.15) is 13.4 Å². The van der Waals surface area contributed by atoms with Crippen LogP contribution in [0.25, 0.3) is 0 Å². The van der Waals surface area contributed by atoms with E-state index >= 15 is 0 Å². The van der Waals surface area contributed by atoms with E-state index in [9.17, 15) is 4.79 Å². The summed E-state index contributed by atoms with van der Waals surface area (Å²) >= 11 is 0. The molecule has 0 aliphatic rings. The second-order valence-electron chi connectivity index (χ2n) is 4.46. The van der Waals surface area contributed by atoms with Gasteiger partial charge in [-0.25, -0.2) is 4.79 Å². The molecular weight excluding hydrogens is 268 g/mol. The predicted molar refractivity (Wildman–Crippen MR) is 78.4 cm³/mol. The van der Waals surface area contributed by atoms with E-state index in [0.29, 0.717) is 0 Å². The summed E-state index contributed by atoms with van der Waals surface area (Å²) < 4.78 is 15.6. The third kappa shape index (κ3) is 4.70. The number of benzene rings is 2. The molecule has 0 aliphatic heterocycles. The molecular formula is C17H18O4. The highest BCUT2D eigenvalue weighted by Crippen LogP contribution is 2.19. The maximum absolute atomic E-state index is 12.2. The van der Waals surface area contributed by atoms with Gasteiger partial charge in [0.25, 0.3) is 0 Å². The van der Waals surface area contributed by atoms with E-state index < -0.39 is 12.1 Å². The summed E-state index contributed by atoms with van der Waals surface area (Å²) in [6.45, 7) is 0.249. The van der Waals surface area contributed by atoms with Gasteiger partial charge < -0.3 is 14.2 Å². The van der Waals surface area contributed by atoms with E-state index in [0.717, 1.165) is 11.1 Å². The molecule has 0 fully saturated rings. The van der Waals surface area contributed by atoms with Crippen LogP contribution in [0.5, 0.6) is 0 Å². The second-order valence-corrected chi connectivity index (χ2v) is 4.46. The summed E-state index contributed by atoms with van der Waals surface area (Å²) in [6.07, 6.45) is -0.783. The Bertz CT molecular complexity index is 539. The van der Waals surface area contributed by atoms with Gasteiger partial charge in [-0.15, -0.1) is 0 Å². The lowest BCUT2D eigenvalue weighted by atomic mass is 10.1. The highest BCUT2D eigenvalue weighted by atomic mass is 16.7. The van der Waals surface area contributed by atoms with Gasteiger partial charge in [0.05, 0.1) is 0 Å². The Balaban J connectivity index is 2.01. The molecule has 2 aromatic rings. The first-order valence-corrected chi connectivity index (χ1v) is 6.67. The van der Waals surface area contributed by atoms with Crippen LogP contribution < -0.4 is 0 Å². The monoisotopic (exact) mass is 286 g/mol. The van der Waals surface area contributed by atoms with Crippen molar-refractivity contribution in [3.05, 3.63) is 71.8 Å². The molecule has 21 heavy (non-hydrogen) atoms. The summed E-state index contributed by atoms with van der Waals surface area (Å²) in [7, 11) is 1.51. The van der Waals surface area contributed by atoms with Crippen molar-refractivity contribution in [2.24, 2.45) is 0 Å². The number of methoxy groups -OCH3 is 1. The molecule has 0 heterocycles. The molecule has 2 rings (SSSR count). The Morgan fingerprint density at radius 2 is 1.62 bits per heavy atom. The lowest BCUT2D eigenvalue weighted by Gasteiger charge is -2.16. The van der Waals surface area contributed by atoms with Crippen molar-refractivity contribution >= 4 is 5.97 Å². The molecule has 0 saturated carbocycles. The zero-order valence-corrected chi connectivity index (χ0v) is 11.9. The van der Waals surface area contributed by atoms with Gasteiger partial charge in [0.2, 0.25) is 0 Å². The molecule has 0 amide bonds. The number of hydrogen-bond donors (Lipinski definition) is 0. The van der Waals surface area contributed by atoms with Crippen LogP contribution in [0.15, 0.2) is 60.7 Å². The smallest absolute Gasteiger partial charge is 0.340 e. The van der Waals surface area contributed by atoms with E-state index in [1.807, 2.05) is 60.7 Å². The molecule has 110 valence electrons. The normalized spacial score (nSPS) is 11.9. The molecule has 0 spiro atoms. The summed E-state index contributed by atoms with van der Waals surface area (Å²) in [5, 5.41) is 0. The second kappa shape index (κ2) is 8.19. The first kappa shape index (κ1) is 15.2. The molecule has 2 aromatic carbocycles. The van der Waals surface area contributed by atoms with Crippen molar-refractivity contribution in [2.45, 2.75) is 12.7 Å². The lowest BCUT2D eigenvalue weighted by molar-refractivity contribution is -0.167. The van der Waals surface area contributed by atoms with E-state index in [2.05, 4.69) is 0 Å². The SMILES string of the molecule is COCO[C@@H](C(=O)OCc1ccccc1)c1ccccc1. The Labute approximate surface area is 124 Å². The van der Waals surface area contributed by atoms with Gasteiger partial charge in [-0.3, -0.25) is 0 Å². The van der Waals surface area contributed by atoms with E-state index in [4.69, 9.17) is 14.2 Å². The van der Waals surface area contributed by atoms with Gasteiger partial charge in [0, 0.05) is 7.11 Å². The number of ether oxygens (including phenoxy) is 3. The molecule has 1 atom stereocenters. The average molecular weight is 286 g/mol. The average Bonchev–Trinajstić information content (AvgIpc) is 2.55. The summed E-state index contributed by atoms with van der Waals surface area (Å²) in [5.74, 6) is -0.429.